The summed E-state index contributed by atoms with van der Waals surface area (Å²) in [6.45, 7) is 8.71. The van der Waals surface area contributed by atoms with Crippen molar-refractivity contribution in [2.45, 2.75) is 201 Å². The predicted molar refractivity (Wildman–Crippen MR) is 238 cm³/mol. The summed E-state index contributed by atoms with van der Waals surface area (Å²) in [5.41, 5.74) is -1.37. The van der Waals surface area contributed by atoms with Gasteiger partial charge in [-0.2, -0.15) is 0 Å². The van der Waals surface area contributed by atoms with Gasteiger partial charge in [0, 0.05) is 38.5 Å². The zero-order valence-corrected chi connectivity index (χ0v) is 39.5. The van der Waals surface area contributed by atoms with Crippen LogP contribution in [0.5, 0.6) is 0 Å². The molecule has 0 fully saturated rings. The molecule has 0 radical (unpaired) electrons. The quantitative estimate of drug-likeness (QED) is 0.0324. The maximum absolute atomic E-state index is 13.3. The van der Waals surface area contributed by atoms with Gasteiger partial charge in [0.2, 0.25) is 0 Å². The molecule has 61 heavy (non-hydrogen) atoms. The number of nitrogens with zero attached hydrogens (tertiary/aromatic N) is 1. The maximum atomic E-state index is 13.3. The Morgan fingerprint density at radius 1 is 0.393 bits per heavy atom. The van der Waals surface area contributed by atoms with E-state index in [2.05, 4.69) is 27.7 Å². The molecule has 0 unspecified atom stereocenters. The molecule has 0 heterocycles. The number of esters is 6. The molecule has 0 saturated heterocycles. The third kappa shape index (κ3) is 36.0. The number of rotatable bonds is 42. The second-order valence-corrected chi connectivity index (χ2v) is 17.1. The highest BCUT2D eigenvalue weighted by molar-refractivity contribution is 5.72. The molecular formula is C48H87NO12. The molecule has 0 aliphatic heterocycles. The van der Waals surface area contributed by atoms with Crippen molar-refractivity contribution >= 4 is 35.8 Å². The van der Waals surface area contributed by atoms with Crippen LogP contribution in [0.2, 0.25) is 0 Å². The minimum absolute atomic E-state index is 0.0299. The lowest BCUT2D eigenvalue weighted by Gasteiger charge is -2.32. The minimum atomic E-state index is -1.37. The lowest BCUT2D eigenvalue weighted by Crippen LogP contribution is -2.44. The first-order chi connectivity index (χ1) is 29.4. The third-order valence-corrected chi connectivity index (χ3v) is 10.6. The van der Waals surface area contributed by atoms with Crippen molar-refractivity contribution in [3.63, 3.8) is 0 Å². The van der Waals surface area contributed by atoms with Gasteiger partial charge in [-0.05, 0) is 84.3 Å². The molecule has 0 bridgehead atoms. The van der Waals surface area contributed by atoms with Crippen LogP contribution < -0.4 is 0 Å². The van der Waals surface area contributed by atoms with Crippen LogP contribution >= 0.6 is 0 Å². The second-order valence-electron chi connectivity index (χ2n) is 17.1. The maximum Gasteiger partial charge on any atom is 0.306 e. The fourth-order valence-electron chi connectivity index (χ4n) is 6.57. The van der Waals surface area contributed by atoms with E-state index in [0.29, 0.717) is 51.9 Å². The molecule has 13 heteroatoms. The largest absolute Gasteiger partial charge is 0.466 e. The second kappa shape index (κ2) is 39.6. The lowest BCUT2D eigenvalue weighted by molar-refractivity contribution is -0.171. The third-order valence-electron chi connectivity index (χ3n) is 10.6. The zero-order valence-electron chi connectivity index (χ0n) is 39.5. The molecule has 0 aliphatic rings. The van der Waals surface area contributed by atoms with Crippen LogP contribution in [0.15, 0.2) is 0 Å². The van der Waals surface area contributed by atoms with Gasteiger partial charge in [0.1, 0.15) is 31.8 Å². The average molecular weight is 870 g/mol. The number of unbranched alkanes of at least 4 members (excludes halogenated alkanes) is 12. The Balaban J connectivity index is 5.69. The van der Waals surface area contributed by atoms with Gasteiger partial charge < -0.3 is 33.3 Å². The molecule has 0 aromatic rings. The summed E-state index contributed by atoms with van der Waals surface area (Å²) in [4.78, 5) is 78.7. The zero-order chi connectivity index (χ0) is 45.4. The Morgan fingerprint density at radius 3 is 1.08 bits per heavy atom. The van der Waals surface area contributed by atoms with Crippen molar-refractivity contribution < 1.29 is 57.2 Å². The summed E-state index contributed by atoms with van der Waals surface area (Å²) in [6, 6.07) is 0. The van der Waals surface area contributed by atoms with E-state index in [1.807, 2.05) is 19.0 Å². The van der Waals surface area contributed by atoms with E-state index in [-0.39, 0.29) is 82.8 Å². The van der Waals surface area contributed by atoms with Gasteiger partial charge in [-0.3, -0.25) is 28.8 Å². The standard InChI is InChI=1S/C48H87NO12/c1-7-11-15-17-23-34-56-42(50)28-19-21-30-44(52)58-37-48(39-60-46(54)32-25-33-49(5)6,40-61-47(55)36-41(26-13-9-3)27-14-10-4)38-59-45(53)31-22-20-29-43(51)57-35-24-18-16-12-8-2/h41H,7-40H2,1-6H3. The van der Waals surface area contributed by atoms with Gasteiger partial charge in [0.15, 0.2) is 0 Å². The number of carbonyl (C=O) groups excluding carboxylic acids is 6. The SMILES string of the molecule is CCCCCCCOC(=O)CCCCC(=O)OCC(COC(=O)CCCCC(=O)OCCCCCCC)(COC(=O)CCCN(C)C)COC(=O)CC(CCCC)CCCC. The van der Waals surface area contributed by atoms with Crippen molar-refractivity contribution in [1.29, 1.82) is 0 Å². The van der Waals surface area contributed by atoms with Crippen LogP contribution in [-0.4, -0.2) is 101 Å². The van der Waals surface area contributed by atoms with Crippen LogP contribution in [0.1, 0.15) is 201 Å². The van der Waals surface area contributed by atoms with E-state index in [1.165, 1.54) is 12.8 Å². The first-order valence-electron chi connectivity index (χ1n) is 24.0. The van der Waals surface area contributed by atoms with Crippen LogP contribution in [0, 0.1) is 11.3 Å². The fraction of sp³-hybridized carbons (Fsp3) is 0.875. The molecule has 0 N–H and O–H groups in total. The normalized spacial score (nSPS) is 11.4. The summed E-state index contributed by atoms with van der Waals surface area (Å²) in [6.07, 6.45) is 19.5. The van der Waals surface area contributed by atoms with Gasteiger partial charge in [-0.25, -0.2) is 0 Å². The molecule has 0 aromatic carbocycles. The van der Waals surface area contributed by atoms with E-state index >= 15 is 0 Å². The predicted octanol–water partition coefficient (Wildman–Crippen LogP) is 10.0. The van der Waals surface area contributed by atoms with E-state index in [9.17, 15) is 28.8 Å². The first-order valence-corrected chi connectivity index (χ1v) is 24.0. The summed E-state index contributed by atoms with van der Waals surface area (Å²) in [5, 5.41) is 0. The highest BCUT2D eigenvalue weighted by atomic mass is 16.6. The summed E-state index contributed by atoms with van der Waals surface area (Å²) >= 11 is 0. The van der Waals surface area contributed by atoms with Gasteiger partial charge >= 0.3 is 35.8 Å². The molecule has 0 saturated carbocycles. The van der Waals surface area contributed by atoms with Gasteiger partial charge in [0.25, 0.3) is 0 Å². The van der Waals surface area contributed by atoms with Crippen LogP contribution in [-0.2, 0) is 57.2 Å². The highest BCUT2D eigenvalue weighted by Gasteiger charge is 2.38. The van der Waals surface area contributed by atoms with Gasteiger partial charge in [-0.1, -0.05) is 105 Å². The van der Waals surface area contributed by atoms with E-state index in [4.69, 9.17) is 28.4 Å². The van der Waals surface area contributed by atoms with Gasteiger partial charge in [0.05, 0.1) is 13.2 Å². The molecule has 0 atom stereocenters. The number of carbonyl (C=O) groups is 6. The van der Waals surface area contributed by atoms with Crippen molar-refractivity contribution in [2.24, 2.45) is 11.3 Å². The molecule has 0 spiro atoms. The van der Waals surface area contributed by atoms with Crippen molar-refractivity contribution in [2.75, 3.05) is 60.3 Å². The van der Waals surface area contributed by atoms with Crippen molar-refractivity contribution in [3.8, 4) is 0 Å². The molecule has 0 aliphatic carbocycles. The average Bonchev–Trinajstić information content (AvgIpc) is 3.23. The fourth-order valence-corrected chi connectivity index (χ4v) is 6.57. The monoisotopic (exact) mass is 870 g/mol. The van der Waals surface area contributed by atoms with E-state index < -0.39 is 29.3 Å². The number of hydrogen-bond donors (Lipinski definition) is 0. The Bertz CT molecular complexity index is 1100. The Labute approximate surface area is 369 Å². The molecule has 0 rings (SSSR count). The number of hydrogen-bond acceptors (Lipinski definition) is 13. The van der Waals surface area contributed by atoms with Gasteiger partial charge in [-0.15, -0.1) is 0 Å². The summed E-state index contributed by atoms with van der Waals surface area (Å²) in [7, 11) is 3.82. The molecule has 356 valence electrons. The lowest BCUT2D eigenvalue weighted by atomic mass is 9.91. The number of ether oxygens (including phenoxy) is 6. The van der Waals surface area contributed by atoms with Crippen molar-refractivity contribution in [1.82, 2.24) is 4.90 Å². The van der Waals surface area contributed by atoms with E-state index in [0.717, 1.165) is 89.9 Å². The van der Waals surface area contributed by atoms with Crippen LogP contribution in [0.3, 0.4) is 0 Å². The topological polar surface area (TPSA) is 161 Å². The Morgan fingerprint density at radius 2 is 0.721 bits per heavy atom. The van der Waals surface area contributed by atoms with Crippen LogP contribution in [0.4, 0.5) is 0 Å². The van der Waals surface area contributed by atoms with E-state index in [1.54, 1.807) is 0 Å². The minimum Gasteiger partial charge on any atom is -0.466 e. The van der Waals surface area contributed by atoms with Crippen LogP contribution in [0.25, 0.3) is 0 Å². The Hall–Kier alpha value is -3.22. The smallest absolute Gasteiger partial charge is 0.306 e. The van der Waals surface area contributed by atoms with Crippen molar-refractivity contribution in [3.05, 3.63) is 0 Å². The summed E-state index contributed by atoms with van der Waals surface area (Å²) < 4.78 is 33.7. The summed E-state index contributed by atoms with van der Waals surface area (Å²) in [5.74, 6) is -2.41. The Kier molecular flexibility index (Phi) is 37.5. The highest BCUT2D eigenvalue weighted by Crippen LogP contribution is 2.25. The molecule has 0 amide bonds. The molecule has 0 aromatic heterocycles. The first kappa shape index (κ1) is 57.8. The molecule has 13 nitrogen and oxygen atoms in total. The molecular weight excluding hydrogens is 783 g/mol.